The van der Waals surface area contributed by atoms with E-state index in [2.05, 4.69) is 5.32 Å². The second kappa shape index (κ2) is 9.03. The fraction of sp³-hybridized carbons (Fsp3) is 0.417. The minimum atomic E-state index is -4.43. The van der Waals surface area contributed by atoms with E-state index < -0.39 is 23.8 Å². The molecule has 0 radical (unpaired) electrons. The van der Waals surface area contributed by atoms with Gasteiger partial charge in [0.2, 0.25) is 6.17 Å². The fourth-order valence-corrected chi connectivity index (χ4v) is 4.59. The summed E-state index contributed by atoms with van der Waals surface area (Å²) in [6, 6.07) is 12.3. The molecule has 9 heteroatoms. The van der Waals surface area contributed by atoms with Crippen LogP contribution < -0.4 is 5.32 Å². The SMILES string of the molecule is O=C(Nc1ccc(C(F)(F)F)cc1)N1CCC2(CCN(C(=O)[C@H](F)c3ccccc3)CC2)C1. The number of hydrogen-bond acceptors (Lipinski definition) is 2. The smallest absolute Gasteiger partial charge is 0.340 e. The molecule has 2 fully saturated rings. The predicted molar refractivity (Wildman–Crippen MR) is 115 cm³/mol. The molecule has 3 amide bonds. The second-order valence-corrected chi connectivity index (χ2v) is 8.78. The number of halogens is 4. The van der Waals surface area contributed by atoms with Gasteiger partial charge in [-0.1, -0.05) is 30.3 Å². The number of amides is 3. The average Bonchev–Trinajstić information content (AvgIpc) is 3.22. The van der Waals surface area contributed by atoms with Gasteiger partial charge < -0.3 is 15.1 Å². The first-order chi connectivity index (χ1) is 15.7. The molecule has 176 valence electrons. The third-order valence-corrected chi connectivity index (χ3v) is 6.63. The summed E-state index contributed by atoms with van der Waals surface area (Å²) >= 11 is 0. The highest BCUT2D eigenvalue weighted by Gasteiger charge is 2.43. The molecule has 2 aromatic carbocycles. The summed E-state index contributed by atoms with van der Waals surface area (Å²) in [4.78, 5) is 28.4. The van der Waals surface area contributed by atoms with Gasteiger partial charge >= 0.3 is 12.2 Å². The van der Waals surface area contributed by atoms with Crippen LogP contribution in [0.2, 0.25) is 0 Å². The number of anilines is 1. The first-order valence-electron chi connectivity index (χ1n) is 10.9. The van der Waals surface area contributed by atoms with Gasteiger partial charge in [-0.25, -0.2) is 9.18 Å². The van der Waals surface area contributed by atoms with Crippen LogP contribution in [0, 0.1) is 5.41 Å². The van der Waals surface area contributed by atoms with Crippen molar-refractivity contribution in [2.75, 3.05) is 31.5 Å². The van der Waals surface area contributed by atoms with Crippen LogP contribution >= 0.6 is 0 Å². The van der Waals surface area contributed by atoms with E-state index >= 15 is 0 Å². The van der Waals surface area contributed by atoms with Crippen LogP contribution in [-0.2, 0) is 11.0 Å². The maximum atomic E-state index is 14.6. The number of carbonyl (C=O) groups is 2. The molecule has 1 spiro atoms. The normalized spacial score (nSPS) is 18.9. The van der Waals surface area contributed by atoms with Gasteiger partial charge in [0, 0.05) is 31.9 Å². The molecule has 2 heterocycles. The van der Waals surface area contributed by atoms with Gasteiger partial charge in [0.15, 0.2) is 0 Å². The van der Waals surface area contributed by atoms with Gasteiger partial charge in [0.25, 0.3) is 5.91 Å². The summed E-state index contributed by atoms with van der Waals surface area (Å²) < 4.78 is 52.7. The molecule has 0 aromatic heterocycles. The number of piperidine rings is 1. The molecule has 4 rings (SSSR count). The Balaban J connectivity index is 1.30. The van der Waals surface area contributed by atoms with Gasteiger partial charge in [-0.15, -0.1) is 0 Å². The molecule has 0 bridgehead atoms. The van der Waals surface area contributed by atoms with Crippen molar-refractivity contribution in [3.05, 3.63) is 65.7 Å². The minimum absolute atomic E-state index is 0.132. The van der Waals surface area contributed by atoms with Crippen LogP contribution in [0.4, 0.5) is 28.0 Å². The Morgan fingerprint density at radius 2 is 1.45 bits per heavy atom. The number of carbonyl (C=O) groups excluding carboxylic acids is 2. The van der Waals surface area contributed by atoms with Crippen LogP contribution in [0.25, 0.3) is 0 Å². The predicted octanol–water partition coefficient (Wildman–Crippen LogP) is 5.26. The number of nitrogens with one attached hydrogen (secondary N) is 1. The summed E-state index contributed by atoms with van der Waals surface area (Å²) in [5.74, 6) is -0.536. The number of hydrogen-bond donors (Lipinski definition) is 1. The molecule has 0 aliphatic carbocycles. The van der Waals surface area contributed by atoms with E-state index in [0.29, 0.717) is 50.3 Å². The molecule has 2 aromatic rings. The molecular weight excluding hydrogens is 438 g/mol. The number of urea groups is 1. The molecule has 1 atom stereocenters. The standard InChI is InChI=1S/C24H25F4N3O2/c25-20(17-4-2-1-3-5-17)21(32)30-13-10-23(11-14-30)12-15-31(16-23)22(33)29-19-8-6-18(7-9-19)24(26,27)28/h1-9,20H,10-16H2,(H,29,33)/t20-/m1/s1. The van der Waals surface area contributed by atoms with Gasteiger partial charge in [-0.2, -0.15) is 13.2 Å². The van der Waals surface area contributed by atoms with Crippen molar-refractivity contribution in [2.45, 2.75) is 31.6 Å². The Bertz CT molecular complexity index is 987. The number of nitrogens with zero attached hydrogens (tertiary/aromatic N) is 2. The van der Waals surface area contributed by atoms with Gasteiger partial charge in [0.1, 0.15) is 0 Å². The molecule has 1 N–H and O–H groups in total. The van der Waals surface area contributed by atoms with Gasteiger partial charge in [-0.05, 0) is 54.5 Å². The number of likely N-dealkylation sites (tertiary alicyclic amines) is 2. The Kier molecular flexibility index (Phi) is 6.32. The Morgan fingerprint density at radius 1 is 0.879 bits per heavy atom. The highest BCUT2D eigenvalue weighted by Crippen LogP contribution is 2.41. The van der Waals surface area contributed by atoms with Crippen molar-refractivity contribution >= 4 is 17.6 Å². The summed E-state index contributed by atoms with van der Waals surface area (Å²) in [7, 11) is 0. The van der Waals surface area contributed by atoms with Crippen molar-refractivity contribution in [1.29, 1.82) is 0 Å². The highest BCUT2D eigenvalue weighted by molar-refractivity contribution is 5.89. The topological polar surface area (TPSA) is 52.7 Å². The first-order valence-corrected chi connectivity index (χ1v) is 10.9. The lowest BCUT2D eigenvalue weighted by Gasteiger charge is -2.39. The Morgan fingerprint density at radius 3 is 2.03 bits per heavy atom. The van der Waals surface area contributed by atoms with E-state index in [0.717, 1.165) is 18.6 Å². The first kappa shape index (κ1) is 23.1. The van der Waals surface area contributed by atoms with Crippen molar-refractivity contribution in [3.8, 4) is 0 Å². The zero-order valence-electron chi connectivity index (χ0n) is 17.9. The lowest BCUT2D eigenvalue weighted by molar-refractivity contribution is -0.139. The molecular formula is C24H25F4N3O2. The fourth-order valence-electron chi connectivity index (χ4n) is 4.59. The van der Waals surface area contributed by atoms with Crippen molar-refractivity contribution in [3.63, 3.8) is 0 Å². The maximum absolute atomic E-state index is 14.6. The van der Waals surface area contributed by atoms with Crippen LogP contribution in [0.15, 0.2) is 54.6 Å². The van der Waals surface area contributed by atoms with Crippen molar-refractivity contribution in [2.24, 2.45) is 5.41 Å². The Hall–Kier alpha value is -3.10. The van der Waals surface area contributed by atoms with Gasteiger partial charge in [0.05, 0.1) is 5.56 Å². The van der Waals surface area contributed by atoms with Crippen LogP contribution in [-0.4, -0.2) is 47.9 Å². The third kappa shape index (κ3) is 5.12. The summed E-state index contributed by atoms with van der Waals surface area (Å²) in [6.45, 7) is 1.89. The Labute approximate surface area is 189 Å². The van der Waals surface area contributed by atoms with E-state index in [4.69, 9.17) is 0 Å². The van der Waals surface area contributed by atoms with Crippen LogP contribution in [0.3, 0.4) is 0 Å². The lowest BCUT2D eigenvalue weighted by atomic mass is 9.77. The molecule has 0 unspecified atom stereocenters. The maximum Gasteiger partial charge on any atom is 0.416 e. The van der Waals surface area contributed by atoms with Crippen LogP contribution in [0.5, 0.6) is 0 Å². The van der Waals surface area contributed by atoms with E-state index in [-0.39, 0.29) is 11.4 Å². The van der Waals surface area contributed by atoms with E-state index in [1.165, 1.54) is 12.1 Å². The number of alkyl halides is 4. The average molecular weight is 463 g/mol. The number of rotatable bonds is 3. The minimum Gasteiger partial charge on any atom is -0.340 e. The number of benzene rings is 2. The zero-order valence-corrected chi connectivity index (χ0v) is 17.9. The van der Waals surface area contributed by atoms with E-state index in [1.807, 2.05) is 0 Å². The molecule has 0 saturated carbocycles. The molecule has 33 heavy (non-hydrogen) atoms. The third-order valence-electron chi connectivity index (χ3n) is 6.63. The van der Waals surface area contributed by atoms with Crippen LogP contribution in [0.1, 0.15) is 36.6 Å². The molecule has 5 nitrogen and oxygen atoms in total. The van der Waals surface area contributed by atoms with Crippen molar-refractivity contribution < 1.29 is 27.2 Å². The second-order valence-electron chi connectivity index (χ2n) is 8.78. The molecule has 2 aliphatic rings. The van der Waals surface area contributed by atoms with E-state index in [9.17, 15) is 27.2 Å². The van der Waals surface area contributed by atoms with E-state index in [1.54, 1.807) is 40.1 Å². The zero-order chi connectivity index (χ0) is 23.6. The monoisotopic (exact) mass is 463 g/mol. The highest BCUT2D eigenvalue weighted by atomic mass is 19.4. The van der Waals surface area contributed by atoms with Gasteiger partial charge in [-0.3, -0.25) is 4.79 Å². The van der Waals surface area contributed by atoms with Crippen molar-refractivity contribution in [1.82, 2.24) is 9.80 Å². The largest absolute Gasteiger partial charge is 0.416 e. The summed E-state index contributed by atoms with van der Waals surface area (Å²) in [5.41, 5.74) is -0.268. The summed E-state index contributed by atoms with van der Waals surface area (Å²) in [5, 5.41) is 2.65. The lowest BCUT2D eigenvalue weighted by Crippen LogP contribution is -2.46. The molecule has 2 aliphatic heterocycles. The molecule has 2 saturated heterocycles. The quantitative estimate of drug-likeness (QED) is 0.631. The summed E-state index contributed by atoms with van der Waals surface area (Å²) in [6.07, 6.45) is -4.00.